The van der Waals surface area contributed by atoms with Gasteiger partial charge in [-0.25, -0.2) is 0 Å². The van der Waals surface area contributed by atoms with E-state index >= 15 is 0 Å². The molecule has 0 fully saturated rings. The maximum atomic E-state index is 12.7. The molecule has 0 aliphatic heterocycles. The number of rotatable bonds is 11. The molecule has 0 N–H and O–H groups in total. The molecule has 0 saturated carbocycles. The molecule has 0 aliphatic carbocycles. The van der Waals surface area contributed by atoms with E-state index in [1.54, 1.807) is 0 Å². The Labute approximate surface area is 227 Å². The van der Waals surface area contributed by atoms with Crippen molar-refractivity contribution in [2.24, 2.45) is 0 Å². The van der Waals surface area contributed by atoms with Gasteiger partial charge < -0.3 is 0 Å². The Morgan fingerprint density at radius 2 is 0.694 bits per heavy atom. The van der Waals surface area contributed by atoms with Crippen LogP contribution in [-0.2, 0) is 15.7 Å². The summed E-state index contributed by atoms with van der Waals surface area (Å²) in [6, 6.07) is 40.3. The summed E-state index contributed by atoms with van der Waals surface area (Å²) in [6.07, 6.45) is 1.83. The topological polar surface area (TPSA) is 52.6 Å². The van der Waals surface area contributed by atoms with Gasteiger partial charge in [0.25, 0.3) is 0 Å². The summed E-state index contributed by atoms with van der Waals surface area (Å²) in [6.45, 7) is 0. The molecule has 4 rings (SSSR count). The van der Waals surface area contributed by atoms with E-state index in [4.69, 9.17) is 6.15 Å². The molecule has 182 valence electrons. The second-order valence-corrected chi connectivity index (χ2v) is 21.9. The van der Waals surface area contributed by atoms with Crippen LogP contribution in [0.15, 0.2) is 121 Å². The number of hydrogen-bond acceptors (Lipinski definition) is 4. The molecule has 0 aromatic heterocycles. The zero-order valence-electron chi connectivity index (χ0n) is 20.2. The number of unbranched alkanes of at least 4 members (excludes halogenated alkanes) is 1. The summed E-state index contributed by atoms with van der Waals surface area (Å²) in [5, 5.41) is 0. The molecule has 0 aliphatic rings. The monoisotopic (exact) mass is 694 g/mol. The van der Waals surface area contributed by atoms with E-state index in [-0.39, 0.29) is 11.9 Å². The fourth-order valence-corrected chi connectivity index (χ4v) is 16.5. The molecule has 0 amide bonds. The average molecular weight is 692 g/mol. The van der Waals surface area contributed by atoms with Crippen molar-refractivity contribution in [2.75, 3.05) is 0 Å². The van der Waals surface area contributed by atoms with Crippen LogP contribution < -0.4 is 14.3 Å². The van der Waals surface area contributed by atoms with Gasteiger partial charge >= 0.3 is 229 Å². The van der Waals surface area contributed by atoms with E-state index in [9.17, 15) is 9.59 Å². The number of benzene rings is 4. The van der Waals surface area contributed by atoms with E-state index in [0.29, 0.717) is 25.7 Å². The zero-order valence-corrected chi connectivity index (χ0v) is 26.8. The minimum atomic E-state index is -2.95. The molecule has 0 radical (unpaired) electrons. The SMILES string of the molecule is O=C(CCCCC(=O)[O][SnH]([c]1ccccc1)[c]1ccccc1)[O][SnH]([c]1ccccc1)[c]1ccccc1. The fraction of sp³-hybridized carbons (Fsp3) is 0.133. The first kappa shape index (κ1) is 26.5. The van der Waals surface area contributed by atoms with E-state index < -0.39 is 40.3 Å². The second-order valence-electron chi connectivity index (χ2n) is 8.59. The quantitative estimate of drug-likeness (QED) is 0.180. The van der Waals surface area contributed by atoms with Crippen LogP contribution in [0.5, 0.6) is 0 Å². The number of hydrogen-bond donors (Lipinski definition) is 0. The molecule has 0 bridgehead atoms. The molecule has 0 unspecified atom stereocenters. The number of carbonyl (C=O) groups excluding carboxylic acids is 2. The van der Waals surface area contributed by atoms with Crippen molar-refractivity contribution >= 4 is 66.6 Å². The Morgan fingerprint density at radius 1 is 0.444 bits per heavy atom. The summed E-state index contributed by atoms with van der Waals surface area (Å²) in [5.74, 6) is -0.356. The predicted octanol–water partition coefficient (Wildman–Crippen LogP) is 2.71. The van der Waals surface area contributed by atoms with E-state index in [1.807, 2.05) is 72.8 Å². The van der Waals surface area contributed by atoms with Gasteiger partial charge in [-0.1, -0.05) is 0 Å². The molecular formula is C30H30O4Sn2. The van der Waals surface area contributed by atoms with E-state index in [1.165, 1.54) is 0 Å². The predicted molar refractivity (Wildman–Crippen MR) is 149 cm³/mol. The van der Waals surface area contributed by atoms with Gasteiger partial charge in [-0.05, 0) is 0 Å². The molecule has 4 aromatic carbocycles. The van der Waals surface area contributed by atoms with Crippen LogP contribution in [0.25, 0.3) is 0 Å². The van der Waals surface area contributed by atoms with Crippen LogP contribution in [0.4, 0.5) is 0 Å². The van der Waals surface area contributed by atoms with E-state index in [2.05, 4.69) is 48.5 Å². The molecule has 36 heavy (non-hydrogen) atoms. The van der Waals surface area contributed by atoms with Crippen molar-refractivity contribution in [2.45, 2.75) is 25.7 Å². The van der Waals surface area contributed by atoms with Crippen LogP contribution in [0.1, 0.15) is 25.7 Å². The Kier molecular flexibility index (Phi) is 10.5. The molecule has 6 heteroatoms. The maximum absolute atomic E-state index is 12.7. The molecule has 0 atom stereocenters. The van der Waals surface area contributed by atoms with Gasteiger partial charge in [0.2, 0.25) is 0 Å². The molecule has 4 nitrogen and oxygen atoms in total. The Morgan fingerprint density at radius 3 is 0.944 bits per heavy atom. The van der Waals surface area contributed by atoms with Crippen molar-refractivity contribution < 1.29 is 15.7 Å². The Hall–Kier alpha value is -2.58. The molecule has 4 aromatic rings. The van der Waals surface area contributed by atoms with Gasteiger partial charge in [0.1, 0.15) is 0 Å². The number of carbonyl (C=O) groups is 2. The molecule has 0 saturated heterocycles. The summed E-state index contributed by atoms with van der Waals surface area (Å²) >= 11 is -5.90. The van der Waals surface area contributed by atoms with Crippen molar-refractivity contribution in [3.05, 3.63) is 121 Å². The first-order valence-electron chi connectivity index (χ1n) is 12.3. The van der Waals surface area contributed by atoms with Crippen molar-refractivity contribution in [1.82, 2.24) is 0 Å². The normalized spacial score (nSPS) is 10.8. The summed E-state index contributed by atoms with van der Waals surface area (Å²) in [7, 11) is 0. The summed E-state index contributed by atoms with van der Waals surface area (Å²) in [4.78, 5) is 25.4. The average Bonchev–Trinajstić information content (AvgIpc) is 2.94. The third-order valence-electron chi connectivity index (χ3n) is 5.92. The Balaban J connectivity index is 1.29. The van der Waals surface area contributed by atoms with Crippen molar-refractivity contribution in [3.63, 3.8) is 0 Å². The standard InChI is InChI=1S/C6H10O4.4C6H5.2Sn.2H/c7-5(8)3-1-2-4-6(9)10;4*1-2-4-6-5-3-1;;;;/h1-4H2,(H,7,8)(H,9,10);4*1-5H;;;;/q;;;;;2*+1;;/p-2. The van der Waals surface area contributed by atoms with Gasteiger partial charge in [0.05, 0.1) is 0 Å². The molecule has 0 heterocycles. The third kappa shape index (κ3) is 7.96. The van der Waals surface area contributed by atoms with Crippen LogP contribution in [0, 0.1) is 0 Å². The van der Waals surface area contributed by atoms with Crippen LogP contribution in [-0.4, -0.2) is 52.3 Å². The van der Waals surface area contributed by atoms with Crippen LogP contribution in [0.2, 0.25) is 0 Å². The molecule has 0 spiro atoms. The van der Waals surface area contributed by atoms with Crippen molar-refractivity contribution in [3.8, 4) is 0 Å². The van der Waals surface area contributed by atoms with Crippen LogP contribution in [0.3, 0.4) is 0 Å². The molecular weight excluding hydrogens is 662 g/mol. The van der Waals surface area contributed by atoms with E-state index in [0.717, 1.165) is 14.3 Å². The Bertz CT molecular complexity index is 1040. The minimum absolute atomic E-state index is 0.178. The van der Waals surface area contributed by atoms with Crippen LogP contribution >= 0.6 is 0 Å². The zero-order chi connectivity index (χ0) is 25.0. The fourth-order valence-electron chi connectivity index (χ4n) is 4.09. The summed E-state index contributed by atoms with van der Waals surface area (Å²) in [5.41, 5.74) is 0. The first-order chi connectivity index (χ1) is 17.7. The van der Waals surface area contributed by atoms with Gasteiger partial charge in [-0.3, -0.25) is 0 Å². The summed E-state index contributed by atoms with van der Waals surface area (Å²) < 4.78 is 16.7. The second kappa shape index (κ2) is 14.2. The van der Waals surface area contributed by atoms with Gasteiger partial charge in [0.15, 0.2) is 0 Å². The third-order valence-corrected chi connectivity index (χ3v) is 20.1. The van der Waals surface area contributed by atoms with Gasteiger partial charge in [0, 0.05) is 0 Å². The van der Waals surface area contributed by atoms with Gasteiger partial charge in [-0.15, -0.1) is 0 Å². The van der Waals surface area contributed by atoms with Crippen molar-refractivity contribution in [1.29, 1.82) is 0 Å². The van der Waals surface area contributed by atoms with Gasteiger partial charge in [-0.2, -0.15) is 0 Å². The first-order valence-corrected chi connectivity index (χ1v) is 21.6.